The highest BCUT2D eigenvalue weighted by molar-refractivity contribution is 5.97. The van der Waals surface area contributed by atoms with Gasteiger partial charge in [0.05, 0.1) is 11.3 Å². The second kappa shape index (κ2) is 4.38. The van der Waals surface area contributed by atoms with Crippen LogP contribution in [0.5, 0.6) is 5.75 Å². The van der Waals surface area contributed by atoms with Gasteiger partial charge in [0.2, 0.25) is 0 Å². The van der Waals surface area contributed by atoms with Crippen LogP contribution in [0.25, 0.3) is 16.8 Å². The number of benzene rings is 1. The number of phenolic OH excluding ortho intramolecular Hbond substituents is 1. The fourth-order valence-electron chi connectivity index (χ4n) is 2.35. The fraction of sp³-hybridized carbons (Fsp3) is 0.0667. The second-order valence-corrected chi connectivity index (χ2v) is 4.60. The predicted molar refractivity (Wildman–Crippen MR) is 76.8 cm³/mol. The van der Waals surface area contributed by atoms with E-state index in [4.69, 9.17) is 5.73 Å². The van der Waals surface area contributed by atoms with Crippen molar-refractivity contribution >= 4 is 17.6 Å². The number of aromatic nitrogens is 2. The second-order valence-electron chi connectivity index (χ2n) is 4.60. The van der Waals surface area contributed by atoms with Crippen LogP contribution < -0.4 is 5.73 Å². The molecule has 5 nitrogen and oxygen atoms in total. The SMILES string of the molecule is Cc1c(O)cccc1-c1c(N)c(C=O)cn2ccnc12. The van der Waals surface area contributed by atoms with Crippen LogP contribution in [-0.2, 0) is 0 Å². The first-order chi connectivity index (χ1) is 9.63. The summed E-state index contributed by atoms with van der Waals surface area (Å²) in [7, 11) is 0. The molecular formula is C15H13N3O2. The number of aromatic hydroxyl groups is 1. The molecule has 3 rings (SSSR count). The summed E-state index contributed by atoms with van der Waals surface area (Å²) in [6.07, 6.45) is 5.76. The fourth-order valence-corrected chi connectivity index (χ4v) is 2.35. The quantitative estimate of drug-likeness (QED) is 0.699. The van der Waals surface area contributed by atoms with Crippen LogP contribution in [0.2, 0.25) is 0 Å². The average Bonchev–Trinajstić information content (AvgIpc) is 2.90. The zero-order valence-corrected chi connectivity index (χ0v) is 10.9. The molecule has 0 fully saturated rings. The van der Waals surface area contributed by atoms with Gasteiger partial charge in [-0.2, -0.15) is 0 Å². The van der Waals surface area contributed by atoms with E-state index in [9.17, 15) is 9.90 Å². The van der Waals surface area contributed by atoms with Crippen LogP contribution in [0.3, 0.4) is 0 Å². The molecule has 3 N–H and O–H groups in total. The first-order valence-electron chi connectivity index (χ1n) is 6.12. The molecule has 20 heavy (non-hydrogen) atoms. The number of pyridine rings is 1. The highest BCUT2D eigenvalue weighted by atomic mass is 16.3. The summed E-state index contributed by atoms with van der Waals surface area (Å²) in [5.74, 6) is 0.183. The molecule has 5 heteroatoms. The van der Waals surface area contributed by atoms with Gasteiger partial charge in [0, 0.05) is 24.2 Å². The van der Waals surface area contributed by atoms with Crippen molar-refractivity contribution in [2.45, 2.75) is 6.92 Å². The Morgan fingerprint density at radius 1 is 1.40 bits per heavy atom. The van der Waals surface area contributed by atoms with Gasteiger partial charge in [-0.25, -0.2) is 4.98 Å². The lowest BCUT2D eigenvalue weighted by Gasteiger charge is -2.13. The largest absolute Gasteiger partial charge is 0.508 e. The standard InChI is InChI=1S/C15H13N3O2/c1-9-11(3-2-4-12(9)20)13-14(16)10(8-19)7-18-6-5-17-15(13)18/h2-8,20H,16H2,1H3. The Morgan fingerprint density at radius 2 is 2.20 bits per heavy atom. The number of fused-ring (bicyclic) bond motifs is 1. The zero-order chi connectivity index (χ0) is 14.3. The van der Waals surface area contributed by atoms with Gasteiger partial charge in [-0.15, -0.1) is 0 Å². The maximum absolute atomic E-state index is 11.2. The number of imidazole rings is 1. The van der Waals surface area contributed by atoms with Crippen LogP contribution >= 0.6 is 0 Å². The molecule has 0 saturated carbocycles. The predicted octanol–water partition coefficient (Wildman–Crippen LogP) is 2.41. The van der Waals surface area contributed by atoms with Crippen molar-refractivity contribution in [3.05, 3.63) is 47.9 Å². The molecule has 0 aliphatic rings. The van der Waals surface area contributed by atoms with E-state index < -0.39 is 0 Å². The van der Waals surface area contributed by atoms with Gasteiger partial charge in [0.25, 0.3) is 0 Å². The topological polar surface area (TPSA) is 80.6 Å². The molecule has 0 aliphatic heterocycles. The molecule has 0 unspecified atom stereocenters. The average molecular weight is 267 g/mol. The summed E-state index contributed by atoms with van der Waals surface area (Å²) in [5.41, 5.74) is 9.65. The smallest absolute Gasteiger partial charge is 0.153 e. The Kier molecular flexibility index (Phi) is 2.68. The number of phenols is 1. The first kappa shape index (κ1) is 12.2. The van der Waals surface area contributed by atoms with E-state index in [0.29, 0.717) is 28.0 Å². The summed E-state index contributed by atoms with van der Waals surface area (Å²) >= 11 is 0. The van der Waals surface area contributed by atoms with Gasteiger partial charge in [-0.1, -0.05) is 12.1 Å². The normalized spacial score (nSPS) is 10.8. The molecule has 2 aromatic heterocycles. The number of hydrogen-bond donors (Lipinski definition) is 2. The van der Waals surface area contributed by atoms with Crippen molar-refractivity contribution < 1.29 is 9.90 Å². The summed E-state index contributed by atoms with van der Waals surface area (Å²) < 4.78 is 1.75. The highest BCUT2D eigenvalue weighted by Gasteiger charge is 2.16. The van der Waals surface area contributed by atoms with Gasteiger partial charge in [0.1, 0.15) is 11.4 Å². The minimum absolute atomic E-state index is 0.183. The van der Waals surface area contributed by atoms with Gasteiger partial charge >= 0.3 is 0 Å². The van der Waals surface area contributed by atoms with E-state index in [2.05, 4.69) is 4.98 Å². The molecule has 0 amide bonds. The van der Waals surface area contributed by atoms with E-state index in [0.717, 1.165) is 11.8 Å². The number of aldehydes is 1. The van der Waals surface area contributed by atoms with E-state index >= 15 is 0 Å². The van der Waals surface area contributed by atoms with Crippen molar-refractivity contribution in [2.75, 3.05) is 5.73 Å². The Hall–Kier alpha value is -2.82. The Morgan fingerprint density at radius 3 is 2.95 bits per heavy atom. The van der Waals surface area contributed by atoms with E-state index in [1.165, 1.54) is 0 Å². The monoisotopic (exact) mass is 267 g/mol. The zero-order valence-electron chi connectivity index (χ0n) is 10.9. The minimum atomic E-state index is 0.183. The van der Waals surface area contributed by atoms with Crippen molar-refractivity contribution in [1.29, 1.82) is 0 Å². The third-order valence-electron chi connectivity index (χ3n) is 3.45. The Labute approximate surface area is 115 Å². The Balaban J connectivity index is 2.46. The maximum atomic E-state index is 11.2. The molecular weight excluding hydrogens is 254 g/mol. The van der Waals surface area contributed by atoms with Gasteiger partial charge < -0.3 is 15.2 Å². The lowest BCUT2D eigenvalue weighted by Crippen LogP contribution is -2.02. The molecule has 100 valence electrons. The van der Waals surface area contributed by atoms with Crippen LogP contribution in [-0.4, -0.2) is 20.8 Å². The lowest BCUT2D eigenvalue weighted by molar-refractivity contribution is 0.112. The van der Waals surface area contributed by atoms with E-state index in [-0.39, 0.29) is 5.75 Å². The third kappa shape index (κ3) is 1.64. The highest BCUT2D eigenvalue weighted by Crippen LogP contribution is 2.36. The third-order valence-corrected chi connectivity index (χ3v) is 3.45. The molecule has 0 radical (unpaired) electrons. The minimum Gasteiger partial charge on any atom is -0.508 e. The van der Waals surface area contributed by atoms with Crippen LogP contribution in [0, 0.1) is 6.92 Å². The van der Waals surface area contributed by atoms with Crippen molar-refractivity contribution in [2.24, 2.45) is 0 Å². The molecule has 0 saturated heterocycles. The molecule has 0 spiro atoms. The summed E-state index contributed by atoms with van der Waals surface area (Å²) in [4.78, 5) is 15.5. The van der Waals surface area contributed by atoms with E-state index in [1.54, 1.807) is 42.0 Å². The number of carbonyl (C=O) groups excluding carboxylic acids is 1. The summed E-state index contributed by atoms with van der Waals surface area (Å²) in [6.45, 7) is 1.80. The first-order valence-corrected chi connectivity index (χ1v) is 6.12. The number of carbonyl (C=O) groups is 1. The molecule has 0 bridgehead atoms. The molecule has 0 aliphatic carbocycles. The number of rotatable bonds is 2. The van der Waals surface area contributed by atoms with Gasteiger partial charge in [-0.05, 0) is 24.1 Å². The Bertz CT molecular complexity index is 821. The summed E-state index contributed by atoms with van der Waals surface area (Å²) in [6, 6.07) is 5.20. The van der Waals surface area contributed by atoms with Gasteiger partial charge in [0.15, 0.2) is 6.29 Å². The van der Waals surface area contributed by atoms with Crippen molar-refractivity contribution in [3.63, 3.8) is 0 Å². The lowest BCUT2D eigenvalue weighted by atomic mass is 9.98. The van der Waals surface area contributed by atoms with Crippen molar-refractivity contribution in [3.8, 4) is 16.9 Å². The maximum Gasteiger partial charge on any atom is 0.153 e. The molecule has 2 heterocycles. The van der Waals surface area contributed by atoms with Crippen LogP contribution in [0.4, 0.5) is 5.69 Å². The number of anilines is 1. The molecule has 3 aromatic rings. The van der Waals surface area contributed by atoms with Crippen LogP contribution in [0.15, 0.2) is 36.8 Å². The number of nitrogens with zero attached hydrogens (tertiary/aromatic N) is 2. The van der Waals surface area contributed by atoms with Gasteiger partial charge in [-0.3, -0.25) is 4.79 Å². The number of nitrogen functional groups attached to an aromatic ring is 1. The number of nitrogens with two attached hydrogens (primary N) is 1. The number of hydrogen-bond acceptors (Lipinski definition) is 4. The van der Waals surface area contributed by atoms with E-state index in [1.807, 2.05) is 6.07 Å². The van der Waals surface area contributed by atoms with Crippen LogP contribution in [0.1, 0.15) is 15.9 Å². The van der Waals surface area contributed by atoms with Crippen molar-refractivity contribution in [1.82, 2.24) is 9.38 Å². The molecule has 1 aromatic carbocycles. The molecule has 0 atom stereocenters. The summed E-state index contributed by atoms with van der Waals surface area (Å²) in [5, 5.41) is 9.86.